The SMILES string of the molecule is COc1ccc(OC)c(S(=O)(=O)N2CC3CCCC(N)C3C2)c1. The van der Waals surface area contributed by atoms with Crippen LogP contribution in [0.1, 0.15) is 19.3 Å². The minimum atomic E-state index is -3.62. The zero-order valence-electron chi connectivity index (χ0n) is 13.6. The molecule has 0 aromatic heterocycles. The molecule has 3 atom stereocenters. The van der Waals surface area contributed by atoms with E-state index in [4.69, 9.17) is 15.2 Å². The number of methoxy groups -OCH3 is 2. The average Bonchev–Trinajstić information content (AvgIpc) is 3.00. The van der Waals surface area contributed by atoms with Gasteiger partial charge in [0.25, 0.3) is 0 Å². The van der Waals surface area contributed by atoms with E-state index in [9.17, 15) is 8.42 Å². The number of nitrogens with two attached hydrogens (primary N) is 1. The lowest BCUT2D eigenvalue weighted by atomic mass is 9.78. The molecule has 1 aromatic rings. The van der Waals surface area contributed by atoms with Gasteiger partial charge in [-0.05, 0) is 36.8 Å². The number of fused-ring (bicyclic) bond motifs is 1. The number of hydrogen-bond donors (Lipinski definition) is 1. The largest absolute Gasteiger partial charge is 0.497 e. The highest BCUT2D eigenvalue weighted by Gasteiger charge is 2.44. The molecule has 0 radical (unpaired) electrons. The van der Waals surface area contributed by atoms with Gasteiger partial charge >= 0.3 is 0 Å². The summed E-state index contributed by atoms with van der Waals surface area (Å²) in [6.45, 7) is 1.04. The van der Waals surface area contributed by atoms with Crippen molar-refractivity contribution in [1.29, 1.82) is 0 Å². The first-order valence-corrected chi connectivity index (χ1v) is 9.39. The quantitative estimate of drug-likeness (QED) is 0.897. The zero-order chi connectivity index (χ0) is 16.6. The lowest BCUT2D eigenvalue weighted by Crippen LogP contribution is -2.38. The van der Waals surface area contributed by atoms with Gasteiger partial charge in [0.2, 0.25) is 10.0 Å². The topological polar surface area (TPSA) is 81.9 Å². The van der Waals surface area contributed by atoms with E-state index in [2.05, 4.69) is 0 Å². The van der Waals surface area contributed by atoms with Gasteiger partial charge in [0, 0.05) is 25.2 Å². The van der Waals surface area contributed by atoms with E-state index in [1.165, 1.54) is 20.3 Å². The fraction of sp³-hybridized carbons (Fsp3) is 0.625. The molecule has 3 rings (SSSR count). The van der Waals surface area contributed by atoms with E-state index in [0.717, 1.165) is 19.3 Å². The molecule has 2 N–H and O–H groups in total. The van der Waals surface area contributed by atoms with Gasteiger partial charge in [-0.15, -0.1) is 0 Å². The summed E-state index contributed by atoms with van der Waals surface area (Å²) in [5.74, 6) is 1.46. The highest BCUT2D eigenvalue weighted by atomic mass is 32.2. The fourth-order valence-corrected chi connectivity index (χ4v) is 5.50. The summed E-state index contributed by atoms with van der Waals surface area (Å²) >= 11 is 0. The molecule has 2 aliphatic rings. The maximum absolute atomic E-state index is 13.1. The molecule has 7 heteroatoms. The predicted octanol–water partition coefficient (Wildman–Crippen LogP) is 1.45. The molecule has 3 unspecified atom stereocenters. The van der Waals surface area contributed by atoms with Crippen LogP contribution < -0.4 is 15.2 Å². The Kier molecular flexibility index (Phi) is 4.53. The molecule has 1 aliphatic carbocycles. The number of ether oxygens (including phenoxy) is 2. The average molecular weight is 340 g/mol. The highest BCUT2D eigenvalue weighted by Crippen LogP contribution is 2.39. The summed E-state index contributed by atoms with van der Waals surface area (Å²) in [6.07, 6.45) is 3.12. The van der Waals surface area contributed by atoms with Crippen LogP contribution in [0.3, 0.4) is 0 Å². The minimum Gasteiger partial charge on any atom is -0.497 e. The smallest absolute Gasteiger partial charge is 0.246 e. The molecular formula is C16H24N2O4S. The molecule has 1 aromatic carbocycles. The van der Waals surface area contributed by atoms with Crippen LogP contribution in [0.25, 0.3) is 0 Å². The number of benzene rings is 1. The van der Waals surface area contributed by atoms with Crippen molar-refractivity contribution < 1.29 is 17.9 Å². The van der Waals surface area contributed by atoms with E-state index >= 15 is 0 Å². The van der Waals surface area contributed by atoms with E-state index in [0.29, 0.717) is 30.5 Å². The van der Waals surface area contributed by atoms with Gasteiger partial charge in [0.15, 0.2) is 0 Å². The van der Waals surface area contributed by atoms with Crippen LogP contribution in [-0.4, -0.2) is 46.1 Å². The summed E-state index contributed by atoms with van der Waals surface area (Å²) in [5.41, 5.74) is 6.20. The summed E-state index contributed by atoms with van der Waals surface area (Å²) < 4.78 is 38.1. The normalized spacial score (nSPS) is 28.4. The Morgan fingerprint density at radius 1 is 1.17 bits per heavy atom. The van der Waals surface area contributed by atoms with Crippen LogP contribution in [-0.2, 0) is 10.0 Å². The molecule has 1 saturated heterocycles. The van der Waals surface area contributed by atoms with Crippen LogP contribution in [0.4, 0.5) is 0 Å². The highest BCUT2D eigenvalue weighted by molar-refractivity contribution is 7.89. The van der Waals surface area contributed by atoms with Crippen molar-refractivity contribution in [3.63, 3.8) is 0 Å². The summed E-state index contributed by atoms with van der Waals surface area (Å²) in [7, 11) is -0.635. The number of rotatable bonds is 4. The number of sulfonamides is 1. The lowest BCUT2D eigenvalue weighted by Gasteiger charge is -2.29. The Labute approximate surface area is 137 Å². The minimum absolute atomic E-state index is 0.0983. The van der Waals surface area contributed by atoms with E-state index in [-0.39, 0.29) is 16.9 Å². The Bertz CT molecular complexity index is 677. The molecule has 1 aliphatic heterocycles. The third-order valence-corrected chi connectivity index (χ3v) is 6.96. The Morgan fingerprint density at radius 3 is 2.61 bits per heavy atom. The fourth-order valence-electron chi connectivity index (χ4n) is 3.80. The van der Waals surface area contributed by atoms with Crippen molar-refractivity contribution >= 4 is 10.0 Å². The molecular weight excluding hydrogens is 316 g/mol. The maximum Gasteiger partial charge on any atom is 0.246 e. The summed E-state index contributed by atoms with van der Waals surface area (Å²) in [5, 5.41) is 0. The molecule has 0 amide bonds. The van der Waals surface area contributed by atoms with Crippen LogP contribution in [0.2, 0.25) is 0 Å². The molecule has 6 nitrogen and oxygen atoms in total. The number of hydrogen-bond acceptors (Lipinski definition) is 5. The van der Waals surface area contributed by atoms with Gasteiger partial charge in [0.1, 0.15) is 16.4 Å². The van der Waals surface area contributed by atoms with Gasteiger partial charge in [-0.2, -0.15) is 4.31 Å². The molecule has 2 fully saturated rings. The van der Waals surface area contributed by atoms with Gasteiger partial charge < -0.3 is 15.2 Å². The Balaban J connectivity index is 1.93. The van der Waals surface area contributed by atoms with Crippen molar-refractivity contribution in [1.82, 2.24) is 4.31 Å². The van der Waals surface area contributed by atoms with Crippen LogP contribution in [0.5, 0.6) is 11.5 Å². The van der Waals surface area contributed by atoms with Crippen LogP contribution in [0, 0.1) is 11.8 Å². The molecule has 1 saturated carbocycles. The third-order valence-electron chi connectivity index (χ3n) is 5.11. The van der Waals surface area contributed by atoms with Crippen LogP contribution >= 0.6 is 0 Å². The van der Waals surface area contributed by atoms with Crippen molar-refractivity contribution in [2.45, 2.75) is 30.2 Å². The van der Waals surface area contributed by atoms with E-state index in [1.54, 1.807) is 16.4 Å². The first kappa shape index (κ1) is 16.5. The third kappa shape index (κ3) is 2.93. The van der Waals surface area contributed by atoms with Crippen molar-refractivity contribution in [2.75, 3.05) is 27.3 Å². The second-order valence-electron chi connectivity index (χ2n) is 6.36. The monoisotopic (exact) mass is 340 g/mol. The lowest BCUT2D eigenvalue weighted by molar-refractivity contribution is 0.260. The zero-order valence-corrected chi connectivity index (χ0v) is 14.4. The predicted molar refractivity (Wildman–Crippen MR) is 87.1 cm³/mol. The van der Waals surface area contributed by atoms with Gasteiger partial charge in [-0.25, -0.2) is 8.42 Å². The first-order valence-electron chi connectivity index (χ1n) is 7.95. The second-order valence-corrected chi connectivity index (χ2v) is 8.26. The van der Waals surface area contributed by atoms with Gasteiger partial charge in [-0.1, -0.05) is 6.42 Å². The molecule has 0 bridgehead atoms. The van der Waals surface area contributed by atoms with Gasteiger partial charge in [0.05, 0.1) is 14.2 Å². The van der Waals surface area contributed by atoms with Crippen molar-refractivity contribution in [2.24, 2.45) is 17.6 Å². The maximum atomic E-state index is 13.1. The molecule has 128 valence electrons. The van der Waals surface area contributed by atoms with E-state index < -0.39 is 10.0 Å². The van der Waals surface area contributed by atoms with Crippen molar-refractivity contribution in [3.8, 4) is 11.5 Å². The van der Waals surface area contributed by atoms with E-state index in [1.807, 2.05) is 0 Å². The summed E-state index contributed by atoms with van der Waals surface area (Å²) in [6, 6.07) is 4.94. The second kappa shape index (κ2) is 6.30. The van der Waals surface area contributed by atoms with Crippen molar-refractivity contribution in [3.05, 3.63) is 18.2 Å². The number of nitrogens with zero attached hydrogens (tertiary/aromatic N) is 1. The van der Waals surface area contributed by atoms with Crippen LogP contribution in [0.15, 0.2) is 23.1 Å². The molecule has 23 heavy (non-hydrogen) atoms. The Hall–Kier alpha value is -1.31. The molecule has 0 spiro atoms. The molecule has 1 heterocycles. The first-order chi connectivity index (χ1) is 11.0. The van der Waals surface area contributed by atoms with Gasteiger partial charge in [-0.3, -0.25) is 0 Å². The summed E-state index contributed by atoms with van der Waals surface area (Å²) in [4.78, 5) is 0.159. The Morgan fingerprint density at radius 2 is 1.96 bits per heavy atom. The standard InChI is InChI=1S/C16H24N2O4S/c1-21-12-6-7-15(22-2)16(8-12)23(19,20)18-9-11-4-3-5-14(17)13(11)10-18/h6-8,11,13-14H,3-5,9-10,17H2,1-2H3.